The van der Waals surface area contributed by atoms with Crippen molar-refractivity contribution in [2.24, 2.45) is 17.7 Å². The van der Waals surface area contributed by atoms with Gasteiger partial charge in [0.05, 0.1) is 0 Å². The first kappa shape index (κ1) is 12.8. The lowest BCUT2D eigenvalue weighted by Gasteiger charge is -2.18. The predicted octanol–water partition coefficient (Wildman–Crippen LogP) is 1.37. The number of hydrazine groups is 1. The predicted molar refractivity (Wildman–Crippen MR) is 70.4 cm³/mol. The Bertz CT molecular complexity index is 416. The molecule has 0 radical (unpaired) electrons. The number of anilines is 1. The van der Waals surface area contributed by atoms with Crippen LogP contribution in [0.4, 0.5) is 5.82 Å². The van der Waals surface area contributed by atoms with Gasteiger partial charge in [0.25, 0.3) is 0 Å². The van der Waals surface area contributed by atoms with Crippen molar-refractivity contribution < 1.29 is 4.79 Å². The smallest absolute Gasteiger partial charge is 0.223 e. The molecule has 18 heavy (non-hydrogen) atoms. The summed E-state index contributed by atoms with van der Waals surface area (Å²) in [6.45, 7) is 5.84. The highest BCUT2D eigenvalue weighted by atomic mass is 16.2. The maximum atomic E-state index is 11.9. The van der Waals surface area contributed by atoms with E-state index in [-0.39, 0.29) is 5.91 Å². The monoisotopic (exact) mass is 248 g/mol. The van der Waals surface area contributed by atoms with Gasteiger partial charge in [-0.05, 0) is 23.5 Å². The maximum absolute atomic E-state index is 11.9. The van der Waals surface area contributed by atoms with Gasteiger partial charge in [0, 0.05) is 25.7 Å². The van der Waals surface area contributed by atoms with Crippen LogP contribution in [0.15, 0.2) is 18.3 Å². The molecule has 5 heteroatoms. The second-order valence-corrected chi connectivity index (χ2v) is 5.18. The first-order valence-electron chi connectivity index (χ1n) is 6.29. The molecule has 1 fully saturated rings. The summed E-state index contributed by atoms with van der Waals surface area (Å²) in [6.07, 6.45) is 2.43. The lowest BCUT2D eigenvalue weighted by atomic mass is 9.95. The molecule has 1 unspecified atom stereocenters. The Balaban J connectivity index is 1.98. The molecule has 1 aromatic rings. The SMILES string of the molecule is CC(C)C1CC(=O)N(Cc2ccc(NN)nc2)C1. The van der Waals surface area contributed by atoms with Crippen molar-refractivity contribution in [3.05, 3.63) is 23.9 Å². The third-order valence-corrected chi connectivity index (χ3v) is 3.53. The molecule has 1 atom stereocenters. The number of pyridine rings is 1. The number of rotatable bonds is 4. The quantitative estimate of drug-likeness (QED) is 0.623. The van der Waals surface area contributed by atoms with Crippen LogP contribution in [0.2, 0.25) is 0 Å². The highest BCUT2D eigenvalue weighted by Gasteiger charge is 2.31. The molecule has 1 aliphatic heterocycles. The molecule has 98 valence electrons. The fourth-order valence-electron chi connectivity index (χ4n) is 2.23. The van der Waals surface area contributed by atoms with Gasteiger partial charge < -0.3 is 10.3 Å². The van der Waals surface area contributed by atoms with Crippen molar-refractivity contribution in [3.8, 4) is 0 Å². The topological polar surface area (TPSA) is 71.2 Å². The summed E-state index contributed by atoms with van der Waals surface area (Å²) in [5, 5.41) is 0. The number of nitrogens with one attached hydrogen (secondary N) is 1. The van der Waals surface area contributed by atoms with E-state index in [0.717, 1.165) is 12.1 Å². The Morgan fingerprint density at radius 2 is 2.33 bits per heavy atom. The van der Waals surface area contributed by atoms with E-state index in [4.69, 9.17) is 5.84 Å². The molecule has 2 rings (SSSR count). The lowest BCUT2D eigenvalue weighted by Crippen LogP contribution is -2.25. The Morgan fingerprint density at radius 1 is 1.56 bits per heavy atom. The summed E-state index contributed by atoms with van der Waals surface area (Å²) < 4.78 is 0. The van der Waals surface area contributed by atoms with Gasteiger partial charge in [-0.1, -0.05) is 19.9 Å². The van der Waals surface area contributed by atoms with E-state index in [9.17, 15) is 4.79 Å². The molecule has 1 saturated heterocycles. The number of amides is 1. The molecule has 0 aromatic carbocycles. The van der Waals surface area contributed by atoms with Crippen LogP contribution in [-0.4, -0.2) is 22.3 Å². The Morgan fingerprint density at radius 3 is 2.83 bits per heavy atom. The molecule has 2 heterocycles. The zero-order valence-electron chi connectivity index (χ0n) is 10.9. The molecule has 0 bridgehead atoms. The normalized spacial score (nSPS) is 19.7. The summed E-state index contributed by atoms with van der Waals surface area (Å²) in [5.41, 5.74) is 3.52. The molecule has 0 saturated carbocycles. The van der Waals surface area contributed by atoms with Crippen molar-refractivity contribution in [1.82, 2.24) is 9.88 Å². The standard InChI is InChI=1S/C13H20N4O/c1-9(2)11-5-13(18)17(8-11)7-10-3-4-12(16-14)15-6-10/h3-4,6,9,11H,5,7-8,14H2,1-2H3,(H,15,16). The zero-order valence-corrected chi connectivity index (χ0v) is 10.9. The largest absolute Gasteiger partial charge is 0.338 e. The Labute approximate surface area is 107 Å². The molecule has 3 N–H and O–H groups in total. The van der Waals surface area contributed by atoms with Crippen LogP contribution < -0.4 is 11.3 Å². The third-order valence-electron chi connectivity index (χ3n) is 3.53. The van der Waals surface area contributed by atoms with E-state index >= 15 is 0 Å². The summed E-state index contributed by atoms with van der Waals surface area (Å²) in [6, 6.07) is 3.76. The molecule has 0 aliphatic carbocycles. The fraction of sp³-hybridized carbons (Fsp3) is 0.538. The minimum atomic E-state index is 0.245. The van der Waals surface area contributed by atoms with Gasteiger partial charge >= 0.3 is 0 Å². The van der Waals surface area contributed by atoms with E-state index in [2.05, 4.69) is 24.3 Å². The Hall–Kier alpha value is -1.62. The second-order valence-electron chi connectivity index (χ2n) is 5.18. The van der Waals surface area contributed by atoms with E-state index in [1.54, 1.807) is 6.20 Å². The summed E-state index contributed by atoms with van der Waals surface area (Å²) in [7, 11) is 0. The second kappa shape index (κ2) is 5.35. The van der Waals surface area contributed by atoms with Gasteiger partial charge in [0.1, 0.15) is 5.82 Å². The first-order valence-corrected chi connectivity index (χ1v) is 6.29. The van der Waals surface area contributed by atoms with Crippen molar-refractivity contribution >= 4 is 11.7 Å². The number of likely N-dealkylation sites (tertiary alicyclic amines) is 1. The maximum Gasteiger partial charge on any atom is 0.223 e. The number of aromatic nitrogens is 1. The number of carbonyl (C=O) groups excluding carboxylic acids is 1. The van der Waals surface area contributed by atoms with Gasteiger partial charge in [0.2, 0.25) is 5.91 Å². The lowest BCUT2D eigenvalue weighted by molar-refractivity contribution is -0.128. The van der Waals surface area contributed by atoms with E-state index in [1.165, 1.54) is 0 Å². The molecule has 1 aliphatic rings. The number of hydrogen-bond donors (Lipinski definition) is 2. The van der Waals surface area contributed by atoms with Crippen LogP contribution in [-0.2, 0) is 11.3 Å². The average molecular weight is 248 g/mol. The molecular formula is C13H20N4O. The molecule has 5 nitrogen and oxygen atoms in total. The number of nitrogens with zero attached hydrogens (tertiary/aromatic N) is 2. The fourth-order valence-corrected chi connectivity index (χ4v) is 2.23. The van der Waals surface area contributed by atoms with Crippen LogP contribution in [0, 0.1) is 11.8 Å². The zero-order chi connectivity index (χ0) is 13.1. The van der Waals surface area contributed by atoms with Crippen molar-refractivity contribution in [2.75, 3.05) is 12.0 Å². The molecule has 1 aromatic heterocycles. The van der Waals surface area contributed by atoms with Crippen LogP contribution in [0.5, 0.6) is 0 Å². The highest BCUT2D eigenvalue weighted by Crippen LogP contribution is 2.25. The van der Waals surface area contributed by atoms with Crippen molar-refractivity contribution in [3.63, 3.8) is 0 Å². The van der Waals surface area contributed by atoms with Crippen molar-refractivity contribution in [2.45, 2.75) is 26.8 Å². The van der Waals surface area contributed by atoms with Gasteiger partial charge in [0.15, 0.2) is 0 Å². The van der Waals surface area contributed by atoms with Crippen LogP contribution >= 0.6 is 0 Å². The number of nitrogen functional groups attached to an aromatic ring is 1. The molecule has 0 spiro atoms. The molecular weight excluding hydrogens is 228 g/mol. The van der Waals surface area contributed by atoms with Crippen LogP contribution in [0.25, 0.3) is 0 Å². The third kappa shape index (κ3) is 2.79. The number of carbonyl (C=O) groups is 1. The van der Waals surface area contributed by atoms with E-state index < -0.39 is 0 Å². The molecule has 1 amide bonds. The van der Waals surface area contributed by atoms with E-state index in [1.807, 2.05) is 17.0 Å². The van der Waals surface area contributed by atoms with Gasteiger partial charge in [-0.15, -0.1) is 0 Å². The number of nitrogens with two attached hydrogens (primary N) is 1. The first-order chi connectivity index (χ1) is 8.60. The van der Waals surface area contributed by atoms with Gasteiger partial charge in [-0.2, -0.15) is 0 Å². The summed E-state index contributed by atoms with van der Waals surface area (Å²) in [5.74, 6) is 7.17. The van der Waals surface area contributed by atoms with Crippen LogP contribution in [0.1, 0.15) is 25.8 Å². The highest BCUT2D eigenvalue weighted by molar-refractivity contribution is 5.78. The average Bonchev–Trinajstić information content (AvgIpc) is 2.72. The van der Waals surface area contributed by atoms with Gasteiger partial charge in [-0.3, -0.25) is 4.79 Å². The van der Waals surface area contributed by atoms with Crippen LogP contribution in [0.3, 0.4) is 0 Å². The minimum Gasteiger partial charge on any atom is -0.338 e. The number of hydrogen-bond acceptors (Lipinski definition) is 4. The van der Waals surface area contributed by atoms with E-state index in [0.29, 0.717) is 30.6 Å². The summed E-state index contributed by atoms with van der Waals surface area (Å²) >= 11 is 0. The van der Waals surface area contributed by atoms with Gasteiger partial charge in [-0.25, -0.2) is 10.8 Å². The van der Waals surface area contributed by atoms with Crippen molar-refractivity contribution in [1.29, 1.82) is 0 Å². The minimum absolute atomic E-state index is 0.245. The Kier molecular flexibility index (Phi) is 3.81. The summed E-state index contributed by atoms with van der Waals surface area (Å²) in [4.78, 5) is 17.9.